The number of nitrogens with one attached hydrogen (secondary N) is 2. The van der Waals surface area contributed by atoms with Crippen LogP contribution in [-0.4, -0.2) is 13.2 Å². The van der Waals surface area contributed by atoms with E-state index in [4.69, 9.17) is 21.1 Å². The largest absolute Gasteiger partial charge is 0.493 e. The molecule has 2 aromatic carbocycles. The molecule has 0 bridgehead atoms. The summed E-state index contributed by atoms with van der Waals surface area (Å²) in [4.78, 5) is 0. The Kier molecular flexibility index (Phi) is 5.92. The van der Waals surface area contributed by atoms with Crippen molar-refractivity contribution in [3.63, 3.8) is 0 Å². The number of hydrazine groups is 1. The lowest BCUT2D eigenvalue weighted by Gasteiger charge is -2.18. The number of anilines is 1. The zero-order valence-corrected chi connectivity index (χ0v) is 13.8. The fourth-order valence-corrected chi connectivity index (χ4v) is 2.27. The Morgan fingerprint density at radius 2 is 1.86 bits per heavy atom. The summed E-state index contributed by atoms with van der Waals surface area (Å²) in [5, 5.41) is 0.615. The summed E-state index contributed by atoms with van der Waals surface area (Å²) in [5.74, 6) is 1.35. The number of methoxy groups -OCH3 is 1. The van der Waals surface area contributed by atoms with E-state index in [0.717, 1.165) is 11.3 Å². The van der Waals surface area contributed by atoms with E-state index < -0.39 is 0 Å². The molecule has 4 nitrogen and oxygen atoms in total. The molecule has 0 aliphatic rings. The van der Waals surface area contributed by atoms with Gasteiger partial charge in [-0.15, -0.1) is 0 Å². The molecule has 5 heteroatoms. The molecule has 0 saturated heterocycles. The predicted molar refractivity (Wildman–Crippen MR) is 90.7 cm³/mol. The molecular weight excluding hydrogens is 300 g/mol. The SMILES string of the molecule is COc1cc(Cl)cc(CNNc2ccccc2)c1OC(C)C. The number of para-hydroxylation sites is 1. The number of hydrogen-bond donors (Lipinski definition) is 2. The van der Waals surface area contributed by atoms with Crippen LogP contribution in [0, 0.1) is 0 Å². The topological polar surface area (TPSA) is 42.5 Å². The van der Waals surface area contributed by atoms with Gasteiger partial charge in [0.05, 0.1) is 13.2 Å². The molecule has 0 spiro atoms. The van der Waals surface area contributed by atoms with Gasteiger partial charge in [0.25, 0.3) is 0 Å². The van der Waals surface area contributed by atoms with E-state index in [1.165, 1.54) is 0 Å². The molecule has 0 heterocycles. The Labute approximate surface area is 136 Å². The van der Waals surface area contributed by atoms with E-state index in [1.54, 1.807) is 13.2 Å². The highest BCUT2D eigenvalue weighted by molar-refractivity contribution is 6.30. The first-order chi connectivity index (χ1) is 10.6. The fraction of sp³-hybridized carbons (Fsp3) is 0.294. The quantitative estimate of drug-likeness (QED) is 0.748. The van der Waals surface area contributed by atoms with Crippen molar-refractivity contribution in [1.29, 1.82) is 0 Å². The van der Waals surface area contributed by atoms with Crippen LogP contribution in [0.3, 0.4) is 0 Å². The molecule has 0 saturated carbocycles. The Balaban J connectivity index is 2.12. The maximum Gasteiger partial charge on any atom is 0.166 e. The number of halogens is 1. The summed E-state index contributed by atoms with van der Waals surface area (Å²) in [6.45, 7) is 4.51. The molecule has 2 N–H and O–H groups in total. The fourth-order valence-electron chi connectivity index (χ4n) is 2.04. The molecular formula is C17H21ClN2O2. The minimum absolute atomic E-state index is 0.0518. The second-order valence-corrected chi connectivity index (χ2v) is 5.54. The molecule has 22 heavy (non-hydrogen) atoms. The van der Waals surface area contributed by atoms with Gasteiger partial charge in [0, 0.05) is 28.9 Å². The Bertz CT molecular complexity index is 603. The lowest BCUT2D eigenvalue weighted by Crippen LogP contribution is -2.22. The molecule has 0 unspecified atom stereocenters. The van der Waals surface area contributed by atoms with Gasteiger partial charge in [-0.2, -0.15) is 0 Å². The van der Waals surface area contributed by atoms with Gasteiger partial charge in [-0.3, -0.25) is 0 Å². The second kappa shape index (κ2) is 7.92. The maximum atomic E-state index is 6.15. The van der Waals surface area contributed by atoms with E-state index >= 15 is 0 Å². The molecule has 0 atom stereocenters. The van der Waals surface area contributed by atoms with Crippen LogP contribution in [0.5, 0.6) is 11.5 Å². The first-order valence-electron chi connectivity index (χ1n) is 7.17. The van der Waals surface area contributed by atoms with E-state index in [1.807, 2.05) is 50.2 Å². The molecule has 0 aliphatic heterocycles. The highest BCUT2D eigenvalue weighted by Gasteiger charge is 2.14. The van der Waals surface area contributed by atoms with Crippen LogP contribution in [0.4, 0.5) is 5.69 Å². The van der Waals surface area contributed by atoms with Gasteiger partial charge in [0.1, 0.15) is 0 Å². The number of benzene rings is 2. The summed E-state index contributed by atoms with van der Waals surface area (Å²) in [5.41, 5.74) is 8.23. The average Bonchev–Trinajstić information content (AvgIpc) is 2.50. The summed E-state index contributed by atoms with van der Waals surface area (Å²) < 4.78 is 11.2. The van der Waals surface area contributed by atoms with E-state index in [0.29, 0.717) is 23.1 Å². The minimum atomic E-state index is 0.0518. The third-order valence-electron chi connectivity index (χ3n) is 2.96. The molecule has 0 aromatic heterocycles. The maximum absolute atomic E-state index is 6.15. The molecule has 0 amide bonds. The standard InChI is InChI=1S/C17H21ClN2O2/c1-12(2)22-17-13(9-14(18)10-16(17)21-3)11-19-20-15-7-5-4-6-8-15/h4-10,12,19-20H,11H2,1-3H3. The van der Waals surface area contributed by atoms with Crippen molar-refractivity contribution in [2.45, 2.75) is 26.5 Å². The molecule has 2 aromatic rings. The Morgan fingerprint density at radius 1 is 1.14 bits per heavy atom. The van der Waals surface area contributed by atoms with Gasteiger partial charge in [0.15, 0.2) is 11.5 Å². The van der Waals surface area contributed by atoms with Gasteiger partial charge in [-0.05, 0) is 32.0 Å². The van der Waals surface area contributed by atoms with Gasteiger partial charge in [0.2, 0.25) is 0 Å². The number of ether oxygens (including phenoxy) is 2. The summed E-state index contributed by atoms with van der Waals surface area (Å²) in [6.07, 6.45) is 0.0518. The Hall–Kier alpha value is -1.91. The zero-order chi connectivity index (χ0) is 15.9. The van der Waals surface area contributed by atoms with Crippen LogP contribution < -0.4 is 20.3 Å². The predicted octanol–water partition coefficient (Wildman–Crippen LogP) is 4.25. The van der Waals surface area contributed by atoms with Crippen molar-refractivity contribution in [2.75, 3.05) is 12.5 Å². The van der Waals surface area contributed by atoms with Crippen LogP contribution in [0.25, 0.3) is 0 Å². The third kappa shape index (κ3) is 4.55. The van der Waals surface area contributed by atoms with Gasteiger partial charge in [-0.25, -0.2) is 5.43 Å². The van der Waals surface area contributed by atoms with Crippen molar-refractivity contribution in [3.05, 3.63) is 53.1 Å². The number of rotatable bonds is 7. The summed E-state index contributed by atoms with van der Waals surface area (Å²) in [7, 11) is 1.61. The van der Waals surface area contributed by atoms with Crippen molar-refractivity contribution < 1.29 is 9.47 Å². The molecule has 0 radical (unpaired) electrons. The first kappa shape index (κ1) is 16.5. The second-order valence-electron chi connectivity index (χ2n) is 5.11. The molecule has 0 fully saturated rings. The monoisotopic (exact) mass is 320 g/mol. The molecule has 2 rings (SSSR count). The average molecular weight is 321 g/mol. The molecule has 0 aliphatic carbocycles. The first-order valence-corrected chi connectivity index (χ1v) is 7.55. The lowest BCUT2D eigenvalue weighted by molar-refractivity contribution is 0.227. The van der Waals surface area contributed by atoms with Gasteiger partial charge in [-0.1, -0.05) is 29.8 Å². The van der Waals surface area contributed by atoms with Crippen LogP contribution in [0.2, 0.25) is 5.02 Å². The van der Waals surface area contributed by atoms with Crippen LogP contribution in [0.1, 0.15) is 19.4 Å². The van der Waals surface area contributed by atoms with E-state index in [2.05, 4.69) is 10.9 Å². The lowest BCUT2D eigenvalue weighted by atomic mass is 10.2. The smallest absolute Gasteiger partial charge is 0.166 e. The zero-order valence-electron chi connectivity index (χ0n) is 13.0. The van der Waals surface area contributed by atoms with Gasteiger partial charge >= 0.3 is 0 Å². The highest BCUT2D eigenvalue weighted by atomic mass is 35.5. The summed E-state index contributed by atoms with van der Waals surface area (Å²) >= 11 is 6.15. The van der Waals surface area contributed by atoms with Crippen molar-refractivity contribution >= 4 is 17.3 Å². The minimum Gasteiger partial charge on any atom is -0.493 e. The normalized spacial score (nSPS) is 10.6. The van der Waals surface area contributed by atoms with Crippen LogP contribution in [0.15, 0.2) is 42.5 Å². The van der Waals surface area contributed by atoms with Crippen LogP contribution >= 0.6 is 11.6 Å². The van der Waals surface area contributed by atoms with Crippen molar-refractivity contribution in [1.82, 2.24) is 5.43 Å². The van der Waals surface area contributed by atoms with Crippen molar-refractivity contribution in [3.8, 4) is 11.5 Å². The molecule has 118 valence electrons. The number of hydrogen-bond acceptors (Lipinski definition) is 4. The van der Waals surface area contributed by atoms with Crippen molar-refractivity contribution in [2.24, 2.45) is 0 Å². The van der Waals surface area contributed by atoms with Crippen LogP contribution in [-0.2, 0) is 6.54 Å². The summed E-state index contributed by atoms with van der Waals surface area (Å²) in [6, 6.07) is 13.5. The van der Waals surface area contributed by atoms with E-state index in [9.17, 15) is 0 Å². The van der Waals surface area contributed by atoms with E-state index in [-0.39, 0.29) is 6.10 Å². The van der Waals surface area contributed by atoms with Gasteiger partial charge < -0.3 is 14.9 Å². The highest BCUT2D eigenvalue weighted by Crippen LogP contribution is 2.35. The Morgan fingerprint density at radius 3 is 2.50 bits per heavy atom. The third-order valence-corrected chi connectivity index (χ3v) is 3.17.